The standard InChI is InChI=1S/C24H21Cl2F3N2O3/c1-23(2)10-16-19(18(32)11-23)20(13-8-12(25)9-14(26)21(13)34-3)31(22(33)24(27,28)29)17-7-5-4-6-15(17)30-16/h4-10,19-20,30H,11H2,1-3H3. The highest BCUT2D eigenvalue weighted by molar-refractivity contribution is 6.35. The molecule has 1 amide bonds. The SMILES string of the molecule is COc1c(Cl)cc(Cl)cc1C1C2C(=O)CC(C)(C)C=C2Nc2ccccc2N1C(=O)C(F)(F)F. The van der Waals surface area contributed by atoms with Gasteiger partial charge in [-0.3, -0.25) is 14.5 Å². The van der Waals surface area contributed by atoms with Gasteiger partial charge in [0.15, 0.2) is 0 Å². The van der Waals surface area contributed by atoms with E-state index in [0.717, 1.165) is 0 Å². The van der Waals surface area contributed by atoms with E-state index in [2.05, 4.69) is 5.32 Å². The average molecular weight is 513 g/mol. The fourth-order valence-corrected chi connectivity index (χ4v) is 5.29. The number of halogens is 5. The van der Waals surface area contributed by atoms with Crippen molar-refractivity contribution in [1.29, 1.82) is 0 Å². The second-order valence-corrected chi connectivity index (χ2v) is 9.82. The van der Waals surface area contributed by atoms with Crippen molar-refractivity contribution in [3.63, 3.8) is 0 Å². The van der Waals surface area contributed by atoms with Gasteiger partial charge in [0.25, 0.3) is 0 Å². The number of carbonyl (C=O) groups is 2. The van der Waals surface area contributed by atoms with E-state index in [9.17, 15) is 22.8 Å². The molecule has 0 aromatic heterocycles. The molecule has 0 saturated heterocycles. The number of benzene rings is 2. The number of anilines is 2. The minimum atomic E-state index is -5.22. The predicted molar refractivity (Wildman–Crippen MR) is 124 cm³/mol. The molecule has 10 heteroatoms. The lowest BCUT2D eigenvalue weighted by Crippen LogP contribution is -2.48. The Hall–Kier alpha value is -2.71. The van der Waals surface area contributed by atoms with Crippen molar-refractivity contribution in [2.24, 2.45) is 11.3 Å². The van der Waals surface area contributed by atoms with Crippen LogP contribution in [0.4, 0.5) is 24.5 Å². The molecule has 0 spiro atoms. The van der Waals surface area contributed by atoms with Gasteiger partial charge in [-0.2, -0.15) is 13.2 Å². The summed E-state index contributed by atoms with van der Waals surface area (Å²) < 4.78 is 47.2. The molecule has 1 heterocycles. The van der Waals surface area contributed by atoms with Crippen LogP contribution in [0.5, 0.6) is 5.75 Å². The number of carbonyl (C=O) groups excluding carboxylic acids is 2. The van der Waals surface area contributed by atoms with Crippen LogP contribution >= 0.6 is 23.2 Å². The van der Waals surface area contributed by atoms with Gasteiger partial charge in [0.1, 0.15) is 11.5 Å². The fourth-order valence-electron chi connectivity index (χ4n) is 4.70. The molecule has 0 radical (unpaired) electrons. The molecule has 5 nitrogen and oxygen atoms in total. The third-order valence-electron chi connectivity index (χ3n) is 5.92. The second kappa shape index (κ2) is 8.50. The summed E-state index contributed by atoms with van der Waals surface area (Å²) in [6, 6.07) is 7.44. The van der Waals surface area contributed by atoms with E-state index in [1.807, 2.05) is 19.9 Å². The molecule has 2 aliphatic rings. The Bertz CT molecular complexity index is 1210. The van der Waals surface area contributed by atoms with E-state index in [1.165, 1.54) is 31.4 Å². The van der Waals surface area contributed by atoms with Gasteiger partial charge in [-0.05, 0) is 29.7 Å². The topological polar surface area (TPSA) is 58.6 Å². The van der Waals surface area contributed by atoms with Crippen LogP contribution in [0.2, 0.25) is 10.0 Å². The number of nitrogens with zero attached hydrogens (tertiary/aromatic N) is 1. The maximum absolute atomic E-state index is 13.9. The normalized spacial score (nSPS) is 21.6. The molecule has 1 aliphatic carbocycles. The summed E-state index contributed by atoms with van der Waals surface area (Å²) in [6.45, 7) is 3.72. The smallest absolute Gasteiger partial charge is 0.471 e. The van der Waals surface area contributed by atoms with Crippen molar-refractivity contribution < 1.29 is 27.5 Å². The summed E-state index contributed by atoms with van der Waals surface area (Å²) in [5, 5.41) is 3.29. The van der Waals surface area contributed by atoms with Gasteiger partial charge in [-0.15, -0.1) is 0 Å². The van der Waals surface area contributed by atoms with Crippen LogP contribution in [0.1, 0.15) is 31.9 Å². The first-order valence-corrected chi connectivity index (χ1v) is 11.1. The highest BCUT2D eigenvalue weighted by atomic mass is 35.5. The van der Waals surface area contributed by atoms with E-state index >= 15 is 0 Å². The van der Waals surface area contributed by atoms with E-state index in [-0.39, 0.29) is 44.9 Å². The van der Waals surface area contributed by atoms with Gasteiger partial charge in [0.05, 0.1) is 35.5 Å². The lowest BCUT2D eigenvalue weighted by atomic mass is 9.72. The van der Waals surface area contributed by atoms with E-state index in [4.69, 9.17) is 27.9 Å². The fraction of sp³-hybridized carbons (Fsp3) is 0.333. The Morgan fingerprint density at radius 2 is 1.88 bits per heavy atom. The third-order valence-corrected chi connectivity index (χ3v) is 6.41. The summed E-state index contributed by atoms with van der Waals surface area (Å²) in [5.74, 6) is -3.56. The highest BCUT2D eigenvalue weighted by Gasteiger charge is 2.53. The zero-order chi connectivity index (χ0) is 25.0. The zero-order valence-electron chi connectivity index (χ0n) is 18.5. The number of hydrogen-bond acceptors (Lipinski definition) is 4. The summed E-state index contributed by atoms with van der Waals surface area (Å²) >= 11 is 12.6. The maximum Gasteiger partial charge on any atom is 0.471 e. The third kappa shape index (κ3) is 4.25. The lowest BCUT2D eigenvalue weighted by Gasteiger charge is -2.39. The number of amides is 1. The number of ether oxygens (including phenoxy) is 1. The predicted octanol–water partition coefficient (Wildman–Crippen LogP) is 6.56. The highest BCUT2D eigenvalue weighted by Crippen LogP contribution is 2.52. The van der Waals surface area contributed by atoms with Gasteiger partial charge >= 0.3 is 12.1 Å². The number of ketones is 1. The van der Waals surface area contributed by atoms with Gasteiger partial charge in [0.2, 0.25) is 0 Å². The molecule has 180 valence electrons. The van der Waals surface area contributed by atoms with Gasteiger partial charge < -0.3 is 10.1 Å². The van der Waals surface area contributed by atoms with Crippen LogP contribution in [-0.2, 0) is 9.59 Å². The van der Waals surface area contributed by atoms with Crippen molar-refractivity contribution in [1.82, 2.24) is 0 Å². The molecular formula is C24H21Cl2F3N2O3. The molecule has 1 aliphatic heterocycles. The number of para-hydroxylation sites is 2. The number of rotatable bonds is 2. The van der Waals surface area contributed by atoms with Gasteiger partial charge in [-0.25, -0.2) is 0 Å². The number of Topliss-reactive ketones (excluding diaryl/α,β-unsaturated/α-hetero) is 1. The van der Waals surface area contributed by atoms with Crippen molar-refractivity contribution in [2.75, 3.05) is 17.3 Å². The monoisotopic (exact) mass is 512 g/mol. The van der Waals surface area contributed by atoms with Crippen LogP contribution in [0.15, 0.2) is 48.2 Å². The molecule has 4 rings (SSSR count). The van der Waals surface area contributed by atoms with Crippen molar-refractivity contribution >= 4 is 46.3 Å². The van der Waals surface area contributed by atoms with E-state index in [1.54, 1.807) is 12.1 Å². The first-order valence-electron chi connectivity index (χ1n) is 10.4. The number of hydrogen-bond donors (Lipinski definition) is 1. The van der Waals surface area contributed by atoms with Crippen molar-refractivity contribution in [2.45, 2.75) is 32.5 Å². The maximum atomic E-state index is 13.9. The first-order chi connectivity index (χ1) is 15.8. The van der Waals surface area contributed by atoms with Gasteiger partial charge in [0, 0.05) is 22.7 Å². The quantitative estimate of drug-likeness (QED) is 0.494. The van der Waals surface area contributed by atoms with Crippen LogP contribution in [0, 0.1) is 11.3 Å². The Kier molecular flexibility index (Phi) is 6.10. The average Bonchev–Trinajstić information content (AvgIpc) is 2.85. The molecule has 2 aromatic rings. The van der Waals surface area contributed by atoms with Crippen LogP contribution in [0.25, 0.3) is 0 Å². The minimum Gasteiger partial charge on any atom is -0.495 e. The zero-order valence-corrected chi connectivity index (χ0v) is 20.0. The second-order valence-electron chi connectivity index (χ2n) is 8.98. The summed E-state index contributed by atoms with van der Waals surface area (Å²) in [4.78, 5) is 27.1. The Balaban J connectivity index is 2.11. The number of fused-ring (bicyclic) bond motifs is 2. The summed E-state index contributed by atoms with van der Waals surface area (Å²) in [7, 11) is 1.31. The molecule has 2 unspecified atom stereocenters. The van der Waals surface area contributed by atoms with Crippen LogP contribution in [0.3, 0.4) is 0 Å². The molecule has 0 fully saturated rings. The largest absolute Gasteiger partial charge is 0.495 e. The Morgan fingerprint density at radius 3 is 2.53 bits per heavy atom. The number of nitrogens with one attached hydrogen (secondary N) is 1. The van der Waals surface area contributed by atoms with E-state index < -0.39 is 29.5 Å². The number of methoxy groups -OCH3 is 1. The molecule has 2 aromatic carbocycles. The number of alkyl halides is 3. The first kappa shape index (κ1) is 24.4. The molecule has 0 bridgehead atoms. The van der Waals surface area contributed by atoms with Crippen molar-refractivity contribution in [3.05, 3.63) is 63.8 Å². The van der Waals surface area contributed by atoms with E-state index in [0.29, 0.717) is 10.6 Å². The molecule has 1 N–H and O–H groups in total. The van der Waals surface area contributed by atoms with Gasteiger partial charge in [-0.1, -0.05) is 55.3 Å². The molecule has 2 atom stereocenters. The molecule has 34 heavy (non-hydrogen) atoms. The lowest BCUT2D eigenvalue weighted by molar-refractivity contribution is -0.171. The summed E-state index contributed by atoms with van der Waals surface area (Å²) in [5.41, 5.74) is 0.175. The van der Waals surface area contributed by atoms with Crippen molar-refractivity contribution in [3.8, 4) is 5.75 Å². The molecule has 0 saturated carbocycles. The summed E-state index contributed by atoms with van der Waals surface area (Å²) in [6.07, 6.45) is -3.32. The van der Waals surface area contributed by atoms with Crippen LogP contribution in [-0.4, -0.2) is 25.0 Å². The Morgan fingerprint density at radius 1 is 1.21 bits per heavy atom. The molecular weight excluding hydrogens is 492 g/mol. The number of allylic oxidation sites excluding steroid dienone is 1. The minimum absolute atomic E-state index is 0.0334. The van der Waals surface area contributed by atoms with Crippen LogP contribution < -0.4 is 15.0 Å². The Labute approximate surface area is 204 Å².